The van der Waals surface area contributed by atoms with Gasteiger partial charge in [0.15, 0.2) is 0 Å². The molecule has 1 aromatic rings. The summed E-state index contributed by atoms with van der Waals surface area (Å²) < 4.78 is 1.80. The van der Waals surface area contributed by atoms with Gasteiger partial charge >= 0.3 is 0 Å². The molecule has 1 heterocycles. The van der Waals surface area contributed by atoms with E-state index in [0.717, 1.165) is 30.0 Å². The first-order valence-electron chi connectivity index (χ1n) is 5.41. The van der Waals surface area contributed by atoms with Crippen molar-refractivity contribution >= 4 is 0 Å². The quantitative estimate of drug-likeness (QED) is 0.794. The third-order valence-electron chi connectivity index (χ3n) is 2.88. The van der Waals surface area contributed by atoms with E-state index in [2.05, 4.69) is 12.0 Å². The van der Waals surface area contributed by atoms with Crippen LogP contribution in [-0.4, -0.2) is 14.9 Å². The van der Waals surface area contributed by atoms with Crippen molar-refractivity contribution in [3.8, 4) is 0 Å². The van der Waals surface area contributed by atoms with Gasteiger partial charge in [-0.1, -0.05) is 19.8 Å². The van der Waals surface area contributed by atoms with Gasteiger partial charge in [0.05, 0.1) is 11.8 Å². The molecule has 0 saturated heterocycles. The lowest BCUT2D eigenvalue weighted by Crippen LogP contribution is -2.00. The summed E-state index contributed by atoms with van der Waals surface area (Å²) in [5, 5.41) is 14.3. The smallest absolute Gasteiger partial charge is 0.0826 e. The molecule has 2 rings (SSSR count). The van der Waals surface area contributed by atoms with Crippen molar-refractivity contribution in [3.05, 3.63) is 17.5 Å². The Morgan fingerprint density at radius 3 is 2.93 bits per heavy atom. The largest absolute Gasteiger partial charge is 0.388 e. The zero-order chi connectivity index (χ0) is 10.1. The summed E-state index contributed by atoms with van der Waals surface area (Å²) in [7, 11) is 1.91. The van der Waals surface area contributed by atoms with Gasteiger partial charge in [-0.05, 0) is 18.8 Å². The lowest BCUT2D eigenvalue weighted by Gasteiger charge is -2.08. The molecular weight excluding hydrogens is 176 g/mol. The van der Waals surface area contributed by atoms with Crippen molar-refractivity contribution in [2.24, 2.45) is 13.0 Å². The zero-order valence-corrected chi connectivity index (χ0v) is 8.90. The highest BCUT2D eigenvalue weighted by atomic mass is 16.3. The Bertz CT molecular complexity index is 315. The molecule has 3 nitrogen and oxygen atoms in total. The molecule has 78 valence electrons. The van der Waals surface area contributed by atoms with Crippen LogP contribution in [0.2, 0.25) is 0 Å². The van der Waals surface area contributed by atoms with Gasteiger partial charge < -0.3 is 5.11 Å². The highest BCUT2D eigenvalue weighted by molar-refractivity contribution is 5.20. The molecule has 1 atom stereocenters. The second-order valence-electron chi connectivity index (χ2n) is 4.25. The summed E-state index contributed by atoms with van der Waals surface area (Å²) in [6, 6.07) is 0. The van der Waals surface area contributed by atoms with Crippen molar-refractivity contribution in [2.45, 2.75) is 38.7 Å². The number of rotatable bonds is 4. The fraction of sp³-hybridized carbons (Fsp3) is 0.727. The Balaban J connectivity index is 2.11. The summed E-state index contributed by atoms with van der Waals surface area (Å²) >= 11 is 0. The molecule has 1 aliphatic carbocycles. The van der Waals surface area contributed by atoms with Crippen LogP contribution in [0.3, 0.4) is 0 Å². The Hall–Kier alpha value is -0.830. The van der Waals surface area contributed by atoms with Crippen LogP contribution in [0.15, 0.2) is 6.20 Å². The molecule has 0 spiro atoms. The van der Waals surface area contributed by atoms with Gasteiger partial charge in [-0.15, -0.1) is 0 Å². The maximum atomic E-state index is 10.0. The van der Waals surface area contributed by atoms with E-state index >= 15 is 0 Å². The highest BCUT2D eigenvalue weighted by Crippen LogP contribution is 2.38. The van der Waals surface area contributed by atoms with Gasteiger partial charge in [0.1, 0.15) is 0 Å². The predicted molar refractivity (Wildman–Crippen MR) is 54.9 cm³/mol. The normalized spacial score (nSPS) is 18.5. The van der Waals surface area contributed by atoms with Crippen molar-refractivity contribution in [1.29, 1.82) is 0 Å². The number of nitrogens with zero attached hydrogens (tertiary/aromatic N) is 2. The maximum Gasteiger partial charge on any atom is 0.0826 e. The summed E-state index contributed by atoms with van der Waals surface area (Å²) in [6.07, 6.45) is 6.05. The highest BCUT2D eigenvalue weighted by Gasteiger charge is 2.26. The number of hydrogen-bond acceptors (Lipinski definition) is 2. The van der Waals surface area contributed by atoms with Gasteiger partial charge in [0.25, 0.3) is 0 Å². The standard InChI is InChI=1S/C11H18N2O/c1-3-10-9(7-13(2)12-10)11(14)6-8-4-5-8/h7-8,11,14H,3-6H2,1-2H3. The fourth-order valence-electron chi connectivity index (χ4n) is 1.90. The second kappa shape index (κ2) is 3.73. The van der Waals surface area contributed by atoms with Crippen LogP contribution in [0.4, 0.5) is 0 Å². The van der Waals surface area contributed by atoms with Gasteiger partial charge in [-0.25, -0.2) is 0 Å². The summed E-state index contributed by atoms with van der Waals surface area (Å²) in [5.74, 6) is 0.759. The van der Waals surface area contributed by atoms with Gasteiger partial charge in [-0.3, -0.25) is 4.68 Å². The number of aliphatic hydroxyl groups excluding tert-OH is 1. The predicted octanol–water partition coefficient (Wildman–Crippen LogP) is 1.82. The summed E-state index contributed by atoms with van der Waals surface area (Å²) in [5.41, 5.74) is 2.07. The van der Waals surface area contributed by atoms with Crippen LogP contribution < -0.4 is 0 Å². The molecule has 3 heteroatoms. The third kappa shape index (κ3) is 1.98. The molecule has 0 radical (unpaired) electrons. The number of aromatic nitrogens is 2. The van der Waals surface area contributed by atoms with Crippen molar-refractivity contribution in [2.75, 3.05) is 0 Å². The van der Waals surface area contributed by atoms with Crippen LogP contribution in [0, 0.1) is 5.92 Å². The van der Waals surface area contributed by atoms with E-state index in [9.17, 15) is 5.11 Å². The molecule has 1 unspecified atom stereocenters. The molecular formula is C11H18N2O. The Morgan fingerprint density at radius 1 is 1.64 bits per heavy atom. The van der Waals surface area contributed by atoms with Gasteiger partial charge in [-0.2, -0.15) is 5.10 Å². The first-order valence-corrected chi connectivity index (χ1v) is 5.41. The number of aliphatic hydroxyl groups is 1. The fourth-order valence-corrected chi connectivity index (χ4v) is 1.90. The average Bonchev–Trinajstić information content (AvgIpc) is 2.87. The van der Waals surface area contributed by atoms with Crippen LogP contribution in [0.5, 0.6) is 0 Å². The van der Waals surface area contributed by atoms with Crippen LogP contribution in [0.25, 0.3) is 0 Å². The third-order valence-corrected chi connectivity index (χ3v) is 2.88. The van der Waals surface area contributed by atoms with Gasteiger partial charge in [0.2, 0.25) is 0 Å². The molecule has 1 fully saturated rings. The van der Waals surface area contributed by atoms with E-state index in [4.69, 9.17) is 0 Å². The zero-order valence-electron chi connectivity index (χ0n) is 8.90. The molecule has 14 heavy (non-hydrogen) atoms. The van der Waals surface area contributed by atoms with Crippen LogP contribution >= 0.6 is 0 Å². The first-order chi connectivity index (χ1) is 6.70. The second-order valence-corrected chi connectivity index (χ2v) is 4.25. The van der Waals surface area contributed by atoms with Crippen molar-refractivity contribution in [1.82, 2.24) is 9.78 Å². The van der Waals surface area contributed by atoms with E-state index in [0.29, 0.717) is 0 Å². The monoisotopic (exact) mass is 194 g/mol. The van der Waals surface area contributed by atoms with Gasteiger partial charge in [0, 0.05) is 18.8 Å². The van der Waals surface area contributed by atoms with Crippen molar-refractivity contribution in [3.63, 3.8) is 0 Å². The minimum absolute atomic E-state index is 0.300. The Kier molecular flexibility index (Phi) is 2.59. The Labute approximate surface area is 84.7 Å². The maximum absolute atomic E-state index is 10.0. The molecule has 0 amide bonds. The Morgan fingerprint density at radius 2 is 2.36 bits per heavy atom. The van der Waals surface area contributed by atoms with E-state index in [1.54, 1.807) is 4.68 Å². The van der Waals surface area contributed by atoms with Crippen LogP contribution in [0.1, 0.15) is 43.5 Å². The number of aryl methyl sites for hydroxylation is 2. The van der Waals surface area contributed by atoms with Crippen LogP contribution in [-0.2, 0) is 13.5 Å². The molecule has 0 aliphatic heterocycles. The lowest BCUT2D eigenvalue weighted by atomic mass is 10.0. The molecule has 1 saturated carbocycles. The summed E-state index contributed by atoms with van der Waals surface area (Å²) in [4.78, 5) is 0. The minimum Gasteiger partial charge on any atom is -0.388 e. The van der Waals surface area contributed by atoms with E-state index < -0.39 is 0 Å². The molecule has 1 N–H and O–H groups in total. The topological polar surface area (TPSA) is 38.0 Å². The molecule has 0 aromatic carbocycles. The lowest BCUT2D eigenvalue weighted by molar-refractivity contribution is 0.159. The van der Waals surface area contributed by atoms with E-state index in [1.807, 2.05) is 13.2 Å². The molecule has 1 aromatic heterocycles. The van der Waals surface area contributed by atoms with E-state index in [-0.39, 0.29) is 6.10 Å². The SMILES string of the molecule is CCc1nn(C)cc1C(O)CC1CC1. The first kappa shape index (κ1) is 9.71. The minimum atomic E-state index is -0.300. The molecule has 0 bridgehead atoms. The average molecular weight is 194 g/mol. The molecule has 1 aliphatic rings. The number of hydrogen-bond donors (Lipinski definition) is 1. The van der Waals surface area contributed by atoms with Crippen molar-refractivity contribution < 1.29 is 5.11 Å². The van der Waals surface area contributed by atoms with E-state index in [1.165, 1.54) is 12.8 Å². The summed E-state index contributed by atoms with van der Waals surface area (Å²) in [6.45, 7) is 2.08.